The minimum Gasteiger partial charge on any atom is -0.493 e. The standard InChI is InChI=1S/C14H17F3O3/c1-13(2,19-3)6-7-20-12-5-4-10(9-18)8-11(12)14(15,16)17/h4-5,8-9H,6-7H2,1-3H3. The van der Waals surface area contributed by atoms with Crippen molar-refractivity contribution in [2.45, 2.75) is 32.0 Å². The van der Waals surface area contributed by atoms with Crippen molar-refractivity contribution in [3.05, 3.63) is 29.3 Å². The van der Waals surface area contributed by atoms with E-state index in [9.17, 15) is 18.0 Å². The van der Waals surface area contributed by atoms with Crippen molar-refractivity contribution in [2.24, 2.45) is 0 Å². The van der Waals surface area contributed by atoms with Gasteiger partial charge in [-0.15, -0.1) is 0 Å². The monoisotopic (exact) mass is 290 g/mol. The molecule has 6 heteroatoms. The maximum Gasteiger partial charge on any atom is 0.419 e. The summed E-state index contributed by atoms with van der Waals surface area (Å²) >= 11 is 0. The first-order valence-corrected chi connectivity index (χ1v) is 6.04. The first-order valence-electron chi connectivity index (χ1n) is 6.04. The average molecular weight is 290 g/mol. The third-order valence-electron chi connectivity index (χ3n) is 2.96. The van der Waals surface area contributed by atoms with Crippen molar-refractivity contribution < 1.29 is 27.4 Å². The Morgan fingerprint density at radius 3 is 2.40 bits per heavy atom. The molecule has 0 aromatic heterocycles. The minimum absolute atomic E-state index is 0.0399. The first kappa shape index (κ1) is 16.5. The molecule has 0 heterocycles. The van der Waals surface area contributed by atoms with Gasteiger partial charge in [-0.25, -0.2) is 0 Å². The molecule has 0 N–H and O–H groups in total. The summed E-state index contributed by atoms with van der Waals surface area (Å²) in [7, 11) is 1.53. The second-order valence-corrected chi connectivity index (χ2v) is 4.93. The van der Waals surface area contributed by atoms with Crippen LogP contribution in [-0.4, -0.2) is 25.6 Å². The largest absolute Gasteiger partial charge is 0.493 e. The topological polar surface area (TPSA) is 35.5 Å². The molecule has 0 aliphatic carbocycles. The van der Waals surface area contributed by atoms with Crippen LogP contribution in [0.5, 0.6) is 5.75 Å². The molecule has 0 fully saturated rings. The molecule has 1 rings (SSSR count). The Hall–Kier alpha value is -1.56. The lowest BCUT2D eigenvalue weighted by atomic mass is 10.1. The summed E-state index contributed by atoms with van der Waals surface area (Å²) in [4.78, 5) is 10.6. The smallest absolute Gasteiger partial charge is 0.419 e. The summed E-state index contributed by atoms with van der Waals surface area (Å²) < 4.78 is 49.0. The lowest BCUT2D eigenvalue weighted by Crippen LogP contribution is -2.25. The molecular weight excluding hydrogens is 273 g/mol. The van der Waals surface area contributed by atoms with Gasteiger partial charge in [-0.1, -0.05) is 0 Å². The van der Waals surface area contributed by atoms with Gasteiger partial charge >= 0.3 is 6.18 Å². The zero-order valence-electron chi connectivity index (χ0n) is 11.6. The SMILES string of the molecule is COC(C)(C)CCOc1ccc(C=O)cc1C(F)(F)F. The van der Waals surface area contributed by atoms with Gasteiger partial charge in [0.15, 0.2) is 0 Å². The molecule has 0 aliphatic rings. The average Bonchev–Trinajstić information content (AvgIpc) is 2.37. The minimum atomic E-state index is -4.56. The normalized spacial score (nSPS) is 12.3. The number of benzene rings is 1. The van der Waals surface area contributed by atoms with Crippen LogP contribution in [0.25, 0.3) is 0 Å². The van der Waals surface area contributed by atoms with Gasteiger partial charge in [0.25, 0.3) is 0 Å². The maximum absolute atomic E-state index is 12.9. The van der Waals surface area contributed by atoms with E-state index in [-0.39, 0.29) is 17.9 Å². The number of hydrogen-bond donors (Lipinski definition) is 0. The first-order chi connectivity index (χ1) is 9.19. The fourth-order valence-electron chi connectivity index (χ4n) is 1.48. The van der Waals surface area contributed by atoms with Crippen molar-refractivity contribution >= 4 is 6.29 Å². The van der Waals surface area contributed by atoms with Crippen molar-refractivity contribution in [1.29, 1.82) is 0 Å². The Labute approximate surface area is 115 Å². The second kappa shape index (κ2) is 6.26. The van der Waals surface area contributed by atoms with E-state index < -0.39 is 17.3 Å². The van der Waals surface area contributed by atoms with Crippen molar-refractivity contribution in [3.8, 4) is 5.75 Å². The van der Waals surface area contributed by atoms with Crippen LogP contribution in [0.4, 0.5) is 13.2 Å². The maximum atomic E-state index is 12.9. The van der Waals surface area contributed by atoms with E-state index in [2.05, 4.69) is 0 Å². The zero-order valence-corrected chi connectivity index (χ0v) is 11.6. The van der Waals surface area contributed by atoms with Gasteiger partial charge in [-0.3, -0.25) is 4.79 Å². The number of hydrogen-bond acceptors (Lipinski definition) is 3. The number of methoxy groups -OCH3 is 1. The van der Waals surface area contributed by atoms with Gasteiger partial charge in [0, 0.05) is 19.1 Å². The molecule has 0 radical (unpaired) electrons. The zero-order chi connectivity index (χ0) is 15.4. The number of rotatable bonds is 6. The molecule has 3 nitrogen and oxygen atoms in total. The van der Waals surface area contributed by atoms with Gasteiger partial charge in [0.2, 0.25) is 0 Å². The summed E-state index contributed by atoms with van der Waals surface area (Å²) in [5, 5.41) is 0. The van der Waals surface area contributed by atoms with Gasteiger partial charge in [-0.05, 0) is 32.0 Å². The van der Waals surface area contributed by atoms with Gasteiger partial charge in [0.05, 0.1) is 17.8 Å². The summed E-state index contributed by atoms with van der Waals surface area (Å²) in [6.07, 6.45) is -3.76. The Morgan fingerprint density at radius 2 is 1.90 bits per heavy atom. The molecule has 1 aromatic rings. The molecule has 0 amide bonds. The summed E-state index contributed by atoms with van der Waals surface area (Å²) in [5.41, 5.74) is -1.46. The fourth-order valence-corrected chi connectivity index (χ4v) is 1.48. The van der Waals surface area contributed by atoms with Crippen LogP contribution in [-0.2, 0) is 10.9 Å². The third kappa shape index (κ3) is 4.52. The van der Waals surface area contributed by atoms with Crippen LogP contribution < -0.4 is 4.74 Å². The second-order valence-electron chi connectivity index (χ2n) is 4.93. The molecule has 1 aromatic carbocycles. The van der Waals surface area contributed by atoms with Gasteiger partial charge in [-0.2, -0.15) is 13.2 Å². The van der Waals surface area contributed by atoms with Crippen molar-refractivity contribution in [3.63, 3.8) is 0 Å². The van der Waals surface area contributed by atoms with Crippen molar-refractivity contribution in [2.75, 3.05) is 13.7 Å². The van der Waals surface area contributed by atoms with Crippen LogP contribution >= 0.6 is 0 Å². The molecule has 0 atom stereocenters. The summed E-state index contributed by atoms with van der Waals surface area (Å²) in [6.45, 7) is 3.72. The van der Waals surface area contributed by atoms with Crippen LogP contribution in [0.3, 0.4) is 0 Å². The molecule has 0 spiro atoms. The van der Waals surface area contributed by atoms with Crippen LogP contribution in [0.15, 0.2) is 18.2 Å². The number of ether oxygens (including phenoxy) is 2. The molecule has 112 valence electrons. The number of carbonyl (C=O) groups excluding carboxylic acids is 1. The Balaban J connectivity index is 2.87. The van der Waals surface area contributed by atoms with E-state index in [1.165, 1.54) is 13.2 Å². The highest BCUT2D eigenvalue weighted by Gasteiger charge is 2.34. The van der Waals surface area contributed by atoms with Gasteiger partial charge in [0.1, 0.15) is 12.0 Å². The number of alkyl halides is 3. The number of aldehydes is 1. The van der Waals surface area contributed by atoms with E-state index in [1.54, 1.807) is 0 Å². The predicted octanol–water partition coefficient (Wildman–Crippen LogP) is 3.71. The van der Waals surface area contributed by atoms with Crippen LogP contribution in [0, 0.1) is 0 Å². The lowest BCUT2D eigenvalue weighted by Gasteiger charge is -2.23. The Bertz CT molecular complexity index is 467. The highest BCUT2D eigenvalue weighted by atomic mass is 19.4. The summed E-state index contributed by atoms with van der Waals surface area (Å²) in [5.74, 6) is -0.282. The van der Waals surface area contributed by atoms with E-state index >= 15 is 0 Å². The number of carbonyl (C=O) groups is 1. The molecule has 0 saturated carbocycles. The molecular formula is C14H17F3O3. The van der Waals surface area contributed by atoms with Crippen LogP contribution in [0.2, 0.25) is 0 Å². The molecule has 0 unspecified atom stereocenters. The van der Waals surface area contributed by atoms with E-state index in [0.717, 1.165) is 12.1 Å². The highest BCUT2D eigenvalue weighted by Crippen LogP contribution is 2.36. The molecule has 0 saturated heterocycles. The van der Waals surface area contributed by atoms with E-state index in [0.29, 0.717) is 12.7 Å². The van der Waals surface area contributed by atoms with Gasteiger partial charge < -0.3 is 9.47 Å². The molecule has 0 aliphatic heterocycles. The third-order valence-corrected chi connectivity index (χ3v) is 2.96. The number of halogens is 3. The van der Waals surface area contributed by atoms with Crippen LogP contribution in [0.1, 0.15) is 36.2 Å². The quantitative estimate of drug-likeness (QED) is 0.749. The molecule has 20 heavy (non-hydrogen) atoms. The fraction of sp³-hybridized carbons (Fsp3) is 0.500. The summed E-state index contributed by atoms with van der Waals surface area (Å²) in [6, 6.07) is 3.23. The Morgan fingerprint density at radius 1 is 1.25 bits per heavy atom. The molecule has 0 bridgehead atoms. The van der Waals surface area contributed by atoms with Crippen molar-refractivity contribution in [1.82, 2.24) is 0 Å². The Kier molecular flexibility index (Phi) is 5.16. The van der Waals surface area contributed by atoms with E-state index in [4.69, 9.17) is 9.47 Å². The predicted molar refractivity (Wildman–Crippen MR) is 68.0 cm³/mol. The van der Waals surface area contributed by atoms with E-state index in [1.807, 2.05) is 13.8 Å². The highest BCUT2D eigenvalue weighted by molar-refractivity contribution is 5.75. The lowest BCUT2D eigenvalue weighted by molar-refractivity contribution is -0.139.